The number of nitrogen functional groups attached to an aromatic ring is 1. The fourth-order valence-electron chi connectivity index (χ4n) is 2.20. The van der Waals surface area contributed by atoms with Gasteiger partial charge < -0.3 is 11.1 Å². The highest BCUT2D eigenvalue weighted by atomic mass is 16.1. The van der Waals surface area contributed by atoms with Crippen LogP contribution >= 0.6 is 0 Å². The van der Waals surface area contributed by atoms with Gasteiger partial charge >= 0.3 is 0 Å². The third-order valence-electron chi connectivity index (χ3n) is 3.42. The van der Waals surface area contributed by atoms with E-state index < -0.39 is 0 Å². The maximum absolute atomic E-state index is 12.0. The van der Waals surface area contributed by atoms with Gasteiger partial charge in [-0.1, -0.05) is 26.0 Å². The van der Waals surface area contributed by atoms with Gasteiger partial charge in [-0.3, -0.25) is 9.48 Å². The fourth-order valence-corrected chi connectivity index (χ4v) is 2.20. The van der Waals surface area contributed by atoms with Gasteiger partial charge in [-0.2, -0.15) is 5.10 Å². The summed E-state index contributed by atoms with van der Waals surface area (Å²) in [6, 6.07) is 9.36. The molecule has 1 heterocycles. The molecule has 1 aromatic heterocycles. The van der Waals surface area contributed by atoms with Gasteiger partial charge in [0.05, 0.1) is 17.1 Å². The molecule has 0 atom stereocenters. The van der Waals surface area contributed by atoms with Crippen molar-refractivity contribution < 1.29 is 4.79 Å². The van der Waals surface area contributed by atoms with E-state index in [0.29, 0.717) is 24.3 Å². The third kappa shape index (κ3) is 3.84. The van der Waals surface area contributed by atoms with Gasteiger partial charge in [-0.15, -0.1) is 0 Å². The minimum atomic E-state index is -0.0523. The number of nitrogens with one attached hydrogen (secondary N) is 1. The normalized spacial score (nSPS) is 10.6. The van der Waals surface area contributed by atoms with E-state index in [-0.39, 0.29) is 5.91 Å². The molecule has 0 spiro atoms. The summed E-state index contributed by atoms with van der Waals surface area (Å²) in [6.07, 6.45) is 2.21. The number of hydrogen-bond acceptors (Lipinski definition) is 3. The minimum Gasteiger partial charge on any atom is -0.397 e. The van der Waals surface area contributed by atoms with Crippen LogP contribution in [0.4, 0.5) is 11.4 Å². The quantitative estimate of drug-likeness (QED) is 0.802. The second-order valence-corrected chi connectivity index (χ2v) is 4.94. The monoisotopic (exact) mass is 286 g/mol. The summed E-state index contributed by atoms with van der Waals surface area (Å²) < 4.78 is 1.92. The summed E-state index contributed by atoms with van der Waals surface area (Å²) in [5, 5.41) is 7.34. The number of para-hydroxylation sites is 2. The number of anilines is 2. The number of amides is 1. The standard InChI is InChI=1S/C16H22N4O/c1-3-12-11-13(4-2)20(19-12)10-9-16(21)18-15-8-6-5-7-14(15)17/h5-8,11H,3-4,9-10,17H2,1-2H3,(H,18,21). The number of hydrogen-bond donors (Lipinski definition) is 2. The lowest BCUT2D eigenvalue weighted by atomic mass is 10.2. The van der Waals surface area contributed by atoms with Crippen molar-refractivity contribution in [2.45, 2.75) is 39.7 Å². The van der Waals surface area contributed by atoms with Crippen molar-refractivity contribution in [1.29, 1.82) is 0 Å². The van der Waals surface area contributed by atoms with Gasteiger partial charge in [0, 0.05) is 18.7 Å². The molecule has 0 fully saturated rings. The second kappa shape index (κ2) is 6.92. The summed E-state index contributed by atoms with van der Waals surface area (Å²) >= 11 is 0. The minimum absolute atomic E-state index is 0.0523. The lowest BCUT2D eigenvalue weighted by Crippen LogP contribution is -2.16. The van der Waals surface area contributed by atoms with Crippen LogP contribution in [-0.4, -0.2) is 15.7 Å². The van der Waals surface area contributed by atoms with E-state index in [1.165, 1.54) is 5.69 Å². The molecule has 21 heavy (non-hydrogen) atoms. The Bertz CT molecular complexity index is 618. The Morgan fingerprint density at radius 2 is 2.05 bits per heavy atom. The number of nitrogens with zero attached hydrogens (tertiary/aromatic N) is 2. The highest BCUT2D eigenvalue weighted by molar-refractivity contribution is 5.93. The van der Waals surface area contributed by atoms with Gasteiger partial charge in [0.15, 0.2) is 0 Å². The topological polar surface area (TPSA) is 72.9 Å². The van der Waals surface area contributed by atoms with E-state index in [4.69, 9.17) is 5.73 Å². The smallest absolute Gasteiger partial charge is 0.226 e. The van der Waals surface area contributed by atoms with Crippen molar-refractivity contribution in [3.63, 3.8) is 0 Å². The number of benzene rings is 1. The molecule has 0 radical (unpaired) electrons. The molecule has 1 aromatic carbocycles. The number of carbonyl (C=O) groups excluding carboxylic acids is 1. The van der Waals surface area contributed by atoms with Crippen molar-refractivity contribution in [1.82, 2.24) is 9.78 Å². The first-order valence-corrected chi connectivity index (χ1v) is 7.34. The molecule has 112 valence electrons. The van der Waals surface area contributed by atoms with Crippen LogP contribution in [0.1, 0.15) is 31.7 Å². The summed E-state index contributed by atoms with van der Waals surface area (Å²) in [7, 11) is 0. The maximum Gasteiger partial charge on any atom is 0.226 e. The molecular weight excluding hydrogens is 264 g/mol. The highest BCUT2D eigenvalue weighted by Crippen LogP contribution is 2.17. The predicted molar refractivity (Wildman–Crippen MR) is 85.1 cm³/mol. The molecular formula is C16H22N4O. The molecule has 1 amide bonds. The molecule has 3 N–H and O–H groups in total. The number of aryl methyl sites for hydroxylation is 3. The second-order valence-electron chi connectivity index (χ2n) is 4.94. The van der Waals surface area contributed by atoms with Crippen LogP contribution in [-0.2, 0) is 24.2 Å². The number of rotatable bonds is 6. The van der Waals surface area contributed by atoms with E-state index in [9.17, 15) is 4.79 Å². The van der Waals surface area contributed by atoms with Gasteiger partial charge in [0.2, 0.25) is 5.91 Å². The van der Waals surface area contributed by atoms with Crippen molar-refractivity contribution >= 4 is 17.3 Å². The van der Waals surface area contributed by atoms with Crippen molar-refractivity contribution in [3.05, 3.63) is 41.7 Å². The summed E-state index contributed by atoms with van der Waals surface area (Å²) in [6.45, 7) is 4.76. The number of nitrogens with two attached hydrogens (primary N) is 1. The van der Waals surface area contributed by atoms with E-state index in [1.807, 2.05) is 16.8 Å². The lowest BCUT2D eigenvalue weighted by Gasteiger charge is -2.09. The molecule has 0 aliphatic carbocycles. The van der Waals surface area contributed by atoms with Crippen molar-refractivity contribution in [3.8, 4) is 0 Å². The zero-order chi connectivity index (χ0) is 15.2. The first-order valence-electron chi connectivity index (χ1n) is 7.34. The van der Waals surface area contributed by atoms with Crippen LogP contribution in [0.25, 0.3) is 0 Å². The van der Waals surface area contributed by atoms with E-state index in [1.54, 1.807) is 12.1 Å². The molecule has 0 aliphatic rings. The summed E-state index contributed by atoms with van der Waals surface area (Å²) in [5.41, 5.74) is 9.28. The van der Waals surface area contributed by atoms with Crippen LogP contribution in [0.3, 0.4) is 0 Å². The van der Waals surface area contributed by atoms with E-state index >= 15 is 0 Å². The molecule has 5 heteroatoms. The van der Waals surface area contributed by atoms with E-state index in [2.05, 4.69) is 30.3 Å². The zero-order valence-electron chi connectivity index (χ0n) is 12.6. The Balaban J connectivity index is 1.95. The van der Waals surface area contributed by atoms with Crippen LogP contribution in [0, 0.1) is 0 Å². The van der Waals surface area contributed by atoms with Crippen LogP contribution in [0.15, 0.2) is 30.3 Å². The first kappa shape index (κ1) is 15.1. The molecule has 0 saturated heterocycles. The molecule has 0 aliphatic heterocycles. The Labute approximate surface area is 125 Å². The lowest BCUT2D eigenvalue weighted by molar-refractivity contribution is -0.116. The SMILES string of the molecule is CCc1cc(CC)n(CCC(=O)Nc2ccccc2N)n1. The Morgan fingerprint density at radius 3 is 2.71 bits per heavy atom. The Kier molecular flexibility index (Phi) is 4.98. The number of aromatic nitrogens is 2. The van der Waals surface area contributed by atoms with E-state index in [0.717, 1.165) is 18.5 Å². The molecule has 0 saturated carbocycles. The largest absolute Gasteiger partial charge is 0.397 e. The van der Waals surface area contributed by atoms with Crippen LogP contribution < -0.4 is 11.1 Å². The molecule has 2 aromatic rings. The molecule has 0 bridgehead atoms. The van der Waals surface area contributed by atoms with Gasteiger partial charge in [0.1, 0.15) is 0 Å². The van der Waals surface area contributed by atoms with Gasteiger partial charge in [-0.25, -0.2) is 0 Å². The van der Waals surface area contributed by atoms with Crippen molar-refractivity contribution in [2.75, 3.05) is 11.1 Å². The Hall–Kier alpha value is -2.30. The Morgan fingerprint density at radius 1 is 1.29 bits per heavy atom. The molecule has 5 nitrogen and oxygen atoms in total. The average molecular weight is 286 g/mol. The molecule has 2 rings (SSSR count). The van der Waals surface area contributed by atoms with Crippen LogP contribution in [0.2, 0.25) is 0 Å². The van der Waals surface area contributed by atoms with Gasteiger partial charge in [0.25, 0.3) is 0 Å². The van der Waals surface area contributed by atoms with Crippen molar-refractivity contribution in [2.24, 2.45) is 0 Å². The molecule has 0 unspecified atom stereocenters. The highest BCUT2D eigenvalue weighted by Gasteiger charge is 2.09. The number of carbonyl (C=O) groups is 1. The van der Waals surface area contributed by atoms with Crippen LogP contribution in [0.5, 0.6) is 0 Å². The zero-order valence-corrected chi connectivity index (χ0v) is 12.6. The van der Waals surface area contributed by atoms with Gasteiger partial charge in [-0.05, 0) is 31.0 Å². The third-order valence-corrected chi connectivity index (χ3v) is 3.42. The fraction of sp³-hybridized carbons (Fsp3) is 0.375. The average Bonchev–Trinajstić information content (AvgIpc) is 2.90. The summed E-state index contributed by atoms with van der Waals surface area (Å²) in [4.78, 5) is 12.0. The summed E-state index contributed by atoms with van der Waals surface area (Å²) in [5.74, 6) is -0.0523. The predicted octanol–water partition coefficient (Wildman–Crippen LogP) is 2.62. The first-order chi connectivity index (χ1) is 10.1. The maximum atomic E-state index is 12.0.